The Balaban J connectivity index is 0.00000363. The van der Waals surface area contributed by atoms with Gasteiger partial charge in [-0.25, -0.2) is 4.99 Å². The summed E-state index contributed by atoms with van der Waals surface area (Å²) in [5, 5.41) is 9.71. The van der Waals surface area contributed by atoms with E-state index in [-0.39, 0.29) is 29.9 Å². The topological polar surface area (TPSA) is 87.9 Å². The fourth-order valence-corrected chi connectivity index (χ4v) is 3.79. The third-order valence-electron chi connectivity index (χ3n) is 5.84. The van der Waals surface area contributed by atoms with Crippen molar-refractivity contribution in [1.82, 2.24) is 16.0 Å². The first-order valence-corrected chi connectivity index (χ1v) is 11.0. The van der Waals surface area contributed by atoms with Crippen LogP contribution in [0.4, 0.5) is 0 Å². The van der Waals surface area contributed by atoms with Crippen molar-refractivity contribution in [2.45, 2.75) is 45.7 Å². The molecule has 1 saturated carbocycles. The average molecular weight is 554 g/mol. The van der Waals surface area contributed by atoms with E-state index in [0.717, 1.165) is 43.4 Å². The van der Waals surface area contributed by atoms with Gasteiger partial charge in [-0.1, -0.05) is 18.6 Å². The van der Waals surface area contributed by atoms with Crippen molar-refractivity contribution >= 4 is 35.8 Å². The average Bonchev–Trinajstić information content (AvgIpc) is 3.28. The molecular formula is C24H35IN4O3. The van der Waals surface area contributed by atoms with Crippen LogP contribution in [0.15, 0.2) is 52.1 Å². The van der Waals surface area contributed by atoms with Crippen LogP contribution in [0.1, 0.15) is 54.3 Å². The quantitative estimate of drug-likeness (QED) is 0.221. The molecule has 1 aliphatic carbocycles. The molecule has 176 valence electrons. The third-order valence-corrected chi connectivity index (χ3v) is 5.84. The van der Waals surface area contributed by atoms with Gasteiger partial charge in [0.05, 0.1) is 19.4 Å². The Hall–Kier alpha value is -2.07. The standard InChI is InChI=1S/C24H34N4O3.HI/c1-3-25-23(28-18-24(10-6-11-24)12-14-30-2)27-16-19-7-4-8-20(15-19)22(29)26-17-21-9-5-13-31-21;/h4-5,7-9,13,15H,3,6,10-12,14,16-18H2,1-2H3,(H,26,29)(H2,25,27,28);1H. The predicted molar refractivity (Wildman–Crippen MR) is 137 cm³/mol. The van der Waals surface area contributed by atoms with Crippen LogP contribution in [0.25, 0.3) is 0 Å². The molecule has 1 amide bonds. The van der Waals surface area contributed by atoms with E-state index >= 15 is 0 Å². The van der Waals surface area contributed by atoms with Crippen LogP contribution in [0.3, 0.4) is 0 Å². The minimum absolute atomic E-state index is 0. The molecule has 1 heterocycles. The number of ether oxygens (including phenoxy) is 1. The van der Waals surface area contributed by atoms with Gasteiger partial charge in [-0.15, -0.1) is 24.0 Å². The lowest BCUT2D eigenvalue weighted by Crippen LogP contribution is -2.46. The zero-order valence-electron chi connectivity index (χ0n) is 19.0. The number of nitrogens with zero attached hydrogens (tertiary/aromatic N) is 1. The molecule has 0 atom stereocenters. The summed E-state index contributed by atoms with van der Waals surface area (Å²) in [7, 11) is 1.76. The lowest BCUT2D eigenvalue weighted by Gasteiger charge is -2.42. The number of hydrogen-bond acceptors (Lipinski definition) is 4. The maximum Gasteiger partial charge on any atom is 0.251 e. The Morgan fingerprint density at radius 3 is 2.69 bits per heavy atom. The molecule has 0 unspecified atom stereocenters. The molecule has 0 bridgehead atoms. The van der Waals surface area contributed by atoms with Gasteiger partial charge >= 0.3 is 0 Å². The van der Waals surface area contributed by atoms with Crippen molar-refractivity contribution in [3.05, 3.63) is 59.5 Å². The molecule has 1 aromatic heterocycles. The molecule has 7 nitrogen and oxygen atoms in total. The normalized spacial score (nSPS) is 14.8. The highest BCUT2D eigenvalue weighted by molar-refractivity contribution is 14.0. The van der Waals surface area contributed by atoms with Gasteiger partial charge in [0.2, 0.25) is 0 Å². The summed E-state index contributed by atoms with van der Waals surface area (Å²) in [5.74, 6) is 1.40. The van der Waals surface area contributed by atoms with Crippen LogP contribution in [0, 0.1) is 5.41 Å². The highest BCUT2D eigenvalue weighted by Crippen LogP contribution is 2.43. The second-order valence-electron chi connectivity index (χ2n) is 8.11. The van der Waals surface area contributed by atoms with Crippen LogP contribution in [0.5, 0.6) is 0 Å². The molecule has 0 saturated heterocycles. The van der Waals surface area contributed by atoms with Gasteiger partial charge < -0.3 is 25.1 Å². The summed E-state index contributed by atoms with van der Waals surface area (Å²) in [5.41, 5.74) is 1.92. The van der Waals surface area contributed by atoms with E-state index in [2.05, 4.69) is 22.9 Å². The van der Waals surface area contributed by atoms with Crippen LogP contribution >= 0.6 is 24.0 Å². The second kappa shape index (κ2) is 13.5. The van der Waals surface area contributed by atoms with E-state index in [9.17, 15) is 4.79 Å². The number of benzene rings is 1. The fourth-order valence-electron chi connectivity index (χ4n) is 3.79. The largest absolute Gasteiger partial charge is 0.467 e. The Labute approximate surface area is 207 Å². The van der Waals surface area contributed by atoms with Gasteiger partial charge in [0.25, 0.3) is 5.91 Å². The summed E-state index contributed by atoms with van der Waals surface area (Å²) >= 11 is 0. The number of furan rings is 1. The number of hydrogen-bond donors (Lipinski definition) is 3. The van der Waals surface area contributed by atoms with Crippen molar-refractivity contribution in [2.75, 3.05) is 26.8 Å². The van der Waals surface area contributed by atoms with Gasteiger partial charge in [-0.2, -0.15) is 0 Å². The number of nitrogens with one attached hydrogen (secondary N) is 3. The number of aliphatic imine (C=N–C) groups is 1. The zero-order valence-corrected chi connectivity index (χ0v) is 21.3. The molecule has 0 spiro atoms. The van der Waals surface area contributed by atoms with E-state index in [1.165, 1.54) is 19.3 Å². The number of carbonyl (C=O) groups is 1. The molecule has 0 aliphatic heterocycles. The number of rotatable bonds is 11. The molecule has 1 aliphatic rings. The van der Waals surface area contributed by atoms with E-state index < -0.39 is 0 Å². The summed E-state index contributed by atoms with van der Waals surface area (Å²) in [4.78, 5) is 17.2. The Bertz CT molecular complexity index is 851. The van der Waals surface area contributed by atoms with Crippen molar-refractivity contribution < 1.29 is 13.9 Å². The summed E-state index contributed by atoms with van der Waals surface area (Å²) in [6, 6.07) is 11.2. The fraction of sp³-hybridized carbons (Fsp3) is 0.500. The molecule has 1 fully saturated rings. The van der Waals surface area contributed by atoms with E-state index in [4.69, 9.17) is 14.1 Å². The molecule has 8 heteroatoms. The molecule has 1 aromatic carbocycles. The molecule has 3 rings (SSSR count). The lowest BCUT2D eigenvalue weighted by molar-refractivity contribution is 0.0732. The molecule has 3 N–H and O–H groups in total. The van der Waals surface area contributed by atoms with E-state index in [1.807, 2.05) is 30.3 Å². The van der Waals surface area contributed by atoms with Crippen LogP contribution in [-0.4, -0.2) is 38.7 Å². The van der Waals surface area contributed by atoms with Gasteiger partial charge in [0.1, 0.15) is 5.76 Å². The maximum atomic E-state index is 12.4. The third kappa shape index (κ3) is 7.81. The van der Waals surface area contributed by atoms with Crippen molar-refractivity contribution in [2.24, 2.45) is 10.4 Å². The number of carbonyl (C=O) groups excluding carboxylic acids is 1. The monoisotopic (exact) mass is 554 g/mol. The Morgan fingerprint density at radius 2 is 2.03 bits per heavy atom. The number of halogens is 1. The van der Waals surface area contributed by atoms with Crippen LogP contribution in [0.2, 0.25) is 0 Å². The molecule has 2 aromatic rings. The number of methoxy groups -OCH3 is 1. The van der Waals surface area contributed by atoms with Crippen molar-refractivity contribution in [3.8, 4) is 0 Å². The predicted octanol–water partition coefficient (Wildman–Crippen LogP) is 4.09. The smallest absolute Gasteiger partial charge is 0.251 e. The van der Waals surface area contributed by atoms with Crippen LogP contribution < -0.4 is 16.0 Å². The first-order chi connectivity index (χ1) is 15.1. The SMILES string of the molecule is CCNC(=NCc1cccc(C(=O)NCc2ccco2)c1)NCC1(CCOC)CCC1.I. The summed E-state index contributed by atoms with van der Waals surface area (Å²) < 4.78 is 10.5. The van der Waals surface area contributed by atoms with E-state index in [1.54, 1.807) is 19.4 Å². The Morgan fingerprint density at radius 1 is 1.19 bits per heavy atom. The van der Waals surface area contributed by atoms with Crippen molar-refractivity contribution in [3.63, 3.8) is 0 Å². The minimum Gasteiger partial charge on any atom is -0.467 e. The molecule has 32 heavy (non-hydrogen) atoms. The summed E-state index contributed by atoms with van der Waals surface area (Å²) in [6.07, 6.45) is 6.43. The summed E-state index contributed by atoms with van der Waals surface area (Å²) in [6.45, 7) is 5.42. The second-order valence-corrected chi connectivity index (χ2v) is 8.11. The van der Waals surface area contributed by atoms with Crippen LogP contribution in [-0.2, 0) is 17.8 Å². The van der Waals surface area contributed by atoms with Gasteiger partial charge in [0.15, 0.2) is 5.96 Å². The van der Waals surface area contributed by atoms with Gasteiger partial charge in [-0.3, -0.25) is 4.79 Å². The van der Waals surface area contributed by atoms with Crippen molar-refractivity contribution in [1.29, 1.82) is 0 Å². The highest BCUT2D eigenvalue weighted by Gasteiger charge is 2.36. The van der Waals surface area contributed by atoms with Gasteiger partial charge in [0, 0.05) is 32.4 Å². The highest BCUT2D eigenvalue weighted by atomic mass is 127. The molecule has 0 radical (unpaired) electrons. The number of guanidine groups is 1. The van der Waals surface area contributed by atoms with Gasteiger partial charge in [-0.05, 0) is 61.4 Å². The zero-order chi connectivity index (χ0) is 21.9. The first-order valence-electron chi connectivity index (χ1n) is 11.0. The Kier molecular flexibility index (Phi) is 11.0. The minimum atomic E-state index is -0.127. The first kappa shape index (κ1) is 26.2. The lowest BCUT2D eigenvalue weighted by atomic mass is 9.67. The van der Waals surface area contributed by atoms with E-state index in [0.29, 0.717) is 24.1 Å². The number of amides is 1. The maximum absolute atomic E-state index is 12.4. The molecular weight excluding hydrogens is 519 g/mol.